The van der Waals surface area contributed by atoms with E-state index in [-0.39, 0.29) is 6.04 Å². The molecule has 1 aromatic heterocycles. The van der Waals surface area contributed by atoms with E-state index in [1.54, 1.807) is 0 Å². The lowest BCUT2D eigenvalue weighted by Gasteiger charge is -2.07. The van der Waals surface area contributed by atoms with Gasteiger partial charge in [-0.2, -0.15) is 0 Å². The van der Waals surface area contributed by atoms with Gasteiger partial charge in [0, 0.05) is 29.5 Å². The summed E-state index contributed by atoms with van der Waals surface area (Å²) in [6.07, 6.45) is 6.43. The second kappa shape index (κ2) is 6.21. The van der Waals surface area contributed by atoms with Gasteiger partial charge < -0.3 is 10.3 Å². The summed E-state index contributed by atoms with van der Waals surface area (Å²) in [5.74, 6) is 0. The SMILES string of the molecule is CCCC(N)c1ccn(Cc2ccc(Br)cc2)c1. The largest absolute Gasteiger partial charge is 0.350 e. The maximum atomic E-state index is 6.11. The van der Waals surface area contributed by atoms with Crippen LogP contribution in [0.3, 0.4) is 0 Å². The predicted molar refractivity (Wildman–Crippen MR) is 79.5 cm³/mol. The fourth-order valence-corrected chi connectivity index (χ4v) is 2.32. The highest BCUT2D eigenvalue weighted by atomic mass is 79.9. The summed E-state index contributed by atoms with van der Waals surface area (Å²) in [6, 6.07) is 10.7. The lowest BCUT2D eigenvalue weighted by Crippen LogP contribution is -2.08. The summed E-state index contributed by atoms with van der Waals surface area (Å²) in [6.45, 7) is 3.06. The van der Waals surface area contributed by atoms with Crippen molar-refractivity contribution < 1.29 is 0 Å². The Hall–Kier alpha value is -1.06. The van der Waals surface area contributed by atoms with Crippen LogP contribution < -0.4 is 5.73 Å². The highest BCUT2D eigenvalue weighted by Gasteiger charge is 2.06. The van der Waals surface area contributed by atoms with E-state index < -0.39 is 0 Å². The molecule has 0 saturated carbocycles. The van der Waals surface area contributed by atoms with Gasteiger partial charge >= 0.3 is 0 Å². The van der Waals surface area contributed by atoms with Crippen LogP contribution in [0.5, 0.6) is 0 Å². The molecule has 1 unspecified atom stereocenters. The molecule has 2 aromatic rings. The van der Waals surface area contributed by atoms with Crippen LogP contribution in [0, 0.1) is 0 Å². The monoisotopic (exact) mass is 306 g/mol. The third-order valence-corrected chi connectivity index (χ3v) is 3.61. The van der Waals surface area contributed by atoms with Gasteiger partial charge in [0.05, 0.1) is 0 Å². The van der Waals surface area contributed by atoms with Crippen molar-refractivity contribution in [3.63, 3.8) is 0 Å². The first-order valence-electron chi connectivity index (χ1n) is 6.34. The minimum absolute atomic E-state index is 0.168. The van der Waals surface area contributed by atoms with Crippen LogP contribution in [-0.4, -0.2) is 4.57 Å². The Morgan fingerprint density at radius 3 is 2.61 bits per heavy atom. The van der Waals surface area contributed by atoms with E-state index in [4.69, 9.17) is 5.73 Å². The van der Waals surface area contributed by atoms with Crippen molar-refractivity contribution in [3.8, 4) is 0 Å². The van der Waals surface area contributed by atoms with Crippen LogP contribution in [0.25, 0.3) is 0 Å². The number of hydrogen-bond acceptors (Lipinski definition) is 1. The van der Waals surface area contributed by atoms with E-state index in [0.717, 1.165) is 23.9 Å². The second-order valence-corrected chi connectivity index (χ2v) is 5.55. The van der Waals surface area contributed by atoms with Crippen molar-refractivity contribution in [3.05, 3.63) is 58.3 Å². The van der Waals surface area contributed by atoms with Crippen LogP contribution in [0.1, 0.15) is 36.9 Å². The summed E-state index contributed by atoms with van der Waals surface area (Å²) in [7, 11) is 0. The van der Waals surface area contributed by atoms with Gasteiger partial charge in [0.15, 0.2) is 0 Å². The van der Waals surface area contributed by atoms with Crippen molar-refractivity contribution in [1.82, 2.24) is 4.57 Å². The molecule has 2 nitrogen and oxygen atoms in total. The molecule has 0 aliphatic rings. The number of benzene rings is 1. The molecule has 0 aliphatic carbocycles. The number of hydrogen-bond donors (Lipinski definition) is 1. The number of nitrogens with zero attached hydrogens (tertiary/aromatic N) is 1. The van der Waals surface area contributed by atoms with Crippen LogP contribution in [0.15, 0.2) is 47.2 Å². The van der Waals surface area contributed by atoms with Crippen LogP contribution in [0.4, 0.5) is 0 Å². The van der Waals surface area contributed by atoms with E-state index >= 15 is 0 Å². The van der Waals surface area contributed by atoms with Crippen molar-refractivity contribution >= 4 is 15.9 Å². The zero-order valence-corrected chi connectivity index (χ0v) is 12.2. The molecule has 0 spiro atoms. The van der Waals surface area contributed by atoms with Crippen LogP contribution in [-0.2, 0) is 6.54 Å². The molecule has 2 rings (SSSR count). The lowest BCUT2D eigenvalue weighted by molar-refractivity contribution is 0.636. The van der Waals surface area contributed by atoms with Gasteiger partial charge in [-0.3, -0.25) is 0 Å². The summed E-state index contributed by atoms with van der Waals surface area (Å²) >= 11 is 3.45. The minimum atomic E-state index is 0.168. The molecule has 0 saturated heterocycles. The Morgan fingerprint density at radius 1 is 1.22 bits per heavy atom. The van der Waals surface area contributed by atoms with Crippen molar-refractivity contribution in [2.45, 2.75) is 32.4 Å². The fraction of sp³-hybridized carbons (Fsp3) is 0.333. The van der Waals surface area contributed by atoms with Crippen molar-refractivity contribution in [2.75, 3.05) is 0 Å². The van der Waals surface area contributed by atoms with E-state index in [9.17, 15) is 0 Å². The normalized spacial score (nSPS) is 12.6. The molecule has 0 fully saturated rings. The fourth-order valence-electron chi connectivity index (χ4n) is 2.06. The van der Waals surface area contributed by atoms with Crippen molar-refractivity contribution in [1.29, 1.82) is 0 Å². The maximum Gasteiger partial charge on any atom is 0.0470 e. The number of rotatable bonds is 5. The maximum absolute atomic E-state index is 6.11. The number of nitrogens with two attached hydrogens (primary N) is 1. The van der Waals surface area contributed by atoms with Gasteiger partial charge in [0.25, 0.3) is 0 Å². The van der Waals surface area contributed by atoms with Gasteiger partial charge in [-0.25, -0.2) is 0 Å². The summed E-state index contributed by atoms with van der Waals surface area (Å²) in [5, 5.41) is 0. The first kappa shape index (κ1) is 13.4. The lowest BCUT2D eigenvalue weighted by atomic mass is 10.1. The average Bonchev–Trinajstić information content (AvgIpc) is 2.81. The van der Waals surface area contributed by atoms with Crippen molar-refractivity contribution in [2.24, 2.45) is 5.73 Å². The highest BCUT2D eigenvalue weighted by molar-refractivity contribution is 9.10. The molecule has 1 heterocycles. The summed E-state index contributed by atoms with van der Waals surface area (Å²) < 4.78 is 3.30. The Balaban J connectivity index is 2.04. The Morgan fingerprint density at radius 2 is 1.94 bits per heavy atom. The molecular weight excluding hydrogens is 288 g/mol. The molecule has 0 amide bonds. The minimum Gasteiger partial charge on any atom is -0.350 e. The van der Waals surface area contributed by atoms with Crippen LogP contribution >= 0.6 is 15.9 Å². The average molecular weight is 307 g/mol. The van der Waals surface area contributed by atoms with E-state index in [0.29, 0.717) is 0 Å². The molecular formula is C15H19BrN2. The Kier molecular flexibility index (Phi) is 4.61. The Bertz CT molecular complexity index is 487. The Labute approximate surface area is 117 Å². The third-order valence-electron chi connectivity index (χ3n) is 3.08. The van der Waals surface area contributed by atoms with Gasteiger partial charge in [-0.1, -0.05) is 41.4 Å². The first-order chi connectivity index (χ1) is 8.69. The molecule has 2 N–H and O–H groups in total. The highest BCUT2D eigenvalue weighted by Crippen LogP contribution is 2.17. The van der Waals surface area contributed by atoms with Gasteiger partial charge in [-0.15, -0.1) is 0 Å². The van der Waals surface area contributed by atoms with E-state index in [2.05, 4.69) is 70.1 Å². The molecule has 18 heavy (non-hydrogen) atoms. The number of halogens is 1. The topological polar surface area (TPSA) is 30.9 Å². The van der Waals surface area contributed by atoms with E-state index in [1.165, 1.54) is 11.1 Å². The molecule has 0 radical (unpaired) electrons. The molecule has 96 valence electrons. The zero-order chi connectivity index (χ0) is 13.0. The van der Waals surface area contributed by atoms with Gasteiger partial charge in [0.2, 0.25) is 0 Å². The second-order valence-electron chi connectivity index (χ2n) is 4.64. The summed E-state index contributed by atoms with van der Waals surface area (Å²) in [5.41, 5.74) is 8.64. The van der Waals surface area contributed by atoms with E-state index in [1.807, 2.05) is 0 Å². The molecule has 0 aliphatic heterocycles. The zero-order valence-electron chi connectivity index (χ0n) is 10.6. The quantitative estimate of drug-likeness (QED) is 0.886. The third kappa shape index (κ3) is 3.47. The van der Waals surface area contributed by atoms with Crippen LogP contribution in [0.2, 0.25) is 0 Å². The molecule has 0 bridgehead atoms. The molecule has 1 aromatic carbocycles. The number of aromatic nitrogens is 1. The summed E-state index contributed by atoms with van der Waals surface area (Å²) in [4.78, 5) is 0. The smallest absolute Gasteiger partial charge is 0.0470 e. The molecule has 3 heteroatoms. The van der Waals surface area contributed by atoms with Gasteiger partial charge in [-0.05, 0) is 35.7 Å². The predicted octanol–water partition coefficient (Wildman–Crippen LogP) is 4.10. The first-order valence-corrected chi connectivity index (χ1v) is 7.14. The molecule has 1 atom stereocenters. The van der Waals surface area contributed by atoms with Gasteiger partial charge in [0.1, 0.15) is 0 Å². The standard InChI is InChI=1S/C15H19BrN2/c1-2-3-15(17)13-8-9-18(11-13)10-12-4-6-14(16)7-5-12/h4-9,11,15H,2-3,10,17H2,1H3.